The monoisotopic (exact) mass is 572 g/mol. The van der Waals surface area contributed by atoms with Crippen molar-refractivity contribution < 1.29 is 0 Å². The molecule has 7 aromatic carbocycles. The molecule has 0 N–H and O–H groups in total. The van der Waals surface area contributed by atoms with Crippen LogP contribution in [0.2, 0.25) is 0 Å². The van der Waals surface area contributed by atoms with Crippen LogP contribution in [0, 0.1) is 0 Å². The second-order valence-corrected chi connectivity index (χ2v) is 11.6. The second kappa shape index (κ2) is 9.18. The Morgan fingerprint density at radius 3 is 1.69 bits per heavy atom. The number of para-hydroxylation sites is 1. The molecular weight excluding hydrogens is 548 g/mol. The fraction of sp³-hybridized carbons (Fsp3) is 0. The summed E-state index contributed by atoms with van der Waals surface area (Å²) in [5.41, 5.74) is 6.44. The number of rotatable bonds is 3. The summed E-state index contributed by atoms with van der Waals surface area (Å²) in [5, 5.41) is 9.90. The van der Waals surface area contributed by atoms with Crippen LogP contribution in [0.3, 0.4) is 0 Å². The first-order valence-electron chi connectivity index (χ1n) is 15.2. The van der Waals surface area contributed by atoms with Crippen molar-refractivity contribution in [3.05, 3.63) is 146 Å². The quantitative estimate of drug-likeness (QED) is 0.198. The molecule has 0 spiro atoms. The van der Waals surface area contributed by atoms with E-state index in [-0.39, 0.29) is 0 Å². The maximum Gasteiger partial charge on any atom is 0.164 e. The molecule has 0 aliphatic carbocycles. The molecule has 4 heteroatoms. The third kappa shape index (κ3) is 3.45. The van der Waals surface area contributed by atoms with E-state index in [1.165, 1.54) is 48.7 Å². The zero-order valence-electron chi connectivity index (χ0n) is 24.1. The Morgan fingerprint density at radius 1 is 0.356 bits per heavy atom. The first-order valence-corrected chi connectivity index (χ1v) is 15.2. The van der Waals surface area contributed by atoms with Crippen molar-refractivity contribution in [2.45, 2.75) is 0 Å². The molecule has 0 saturated heterocycles. The predicted octanol–water partition coefficient (Wildman–Crippen LogP) is 10.3. The van der Waals surface area contributed by atoms with E-state index in [0.29, 0.717) is 17.5 Å². The van der Waals surface area contributed by atoms with Gasteiger partial charge in [-0.3, -0.25) is 0 Å². The van der Waals surface area contributed by atoms with Gasteiger partial charge in [0, 0.05) is 38.2 Å². The third-order valence-electron chi connectivity index (χ3n) is 9.15. The number of benzene rings is 7. The average molecular weight is 573 g/mol. The third-order valence-corrected chi connectivity index (χ3v) is 9.15. The van der Waals surface area contributed by atoms with Crippen molar-refractivity contribution in [1.29, 1.82) is 0 Å². The van der Waals surface area contributed by atoms with Crippen LogP contribution in [0.25, 0.3) is 93.8 Å². The number of aromatic nitrogens is 4. The first-order chi connectivity index (χ1) is 22.3. The molecular formula is C41H24N4. The average Bonchev–Trinajstić information content (AvgIpc) is 3.39. The standard InChI is InChI=1S/C41H24N4/c1-3-11-27(12-4-1)39-42-40(28-13-5-2-6-14-28)44-41(43-39)32-18-10-20-34-37(32)31-24-23-26-22-21-25-15-9-17-30-29-16-7-8-19-33(29)45(34)38(31)36(26)35(25)30/h1-24H. The highest BCUT2D eigenvalue weighted by Gasteiger charge is 2.22. The molecule has 0 amide bonds. The van der Waals surface area contributed by atoms with Gasteiger partial charge in [-0.25, -0.2) is 15.0 Å². The molecule has 0 saturated carbocycles. The van der Waals surface area contributed by atoms with E-state index >= 15 is 0 Å². The summed E-state index contributed by atoms with van der Waals surface area (Å²) < 4.78 is 2.46. The molecule has 0 aliphatic heterocycles. The minimum atomic E-state index is 0.660. The summed E-state index contributed by atoms with van der Waals surface area (Å²) >= 11 is 0. The fourth-order valence-electron chi connectivity index (χ4n) is 7.23. The molecule has 45 heavy (non-hydrogen) atoms. The van der Waals surface area contributed by atoms with E-state index in [1.54, 1.807) is 0 Å². The minimum absolute atomic E-state index is 0.660. The summed E-state index contributed by atoms with van der Waals surface area (Å²) in [6, 6.07) is 51.3. The van der Waals surface area contributed by atoms with Crippen molar-refractivity contribution in [1.82, 2.24) is 19.4 Å². The largest absolute Gasteiger partial charge is 0.308 e. The number of hydrogen-bond acceptors (Lipinski definition) is 3. The van der Waals surface area contributed by atoms with E-state index < -0.39 is 0 Å². The van der Waals surface area contributed by atoms with Crippen LogP contribution in [0.15, 0.2) is 146 Å². The van der Waals surface area contributed by atoms with Gasteiger partial charge in [0.1, 0.15) is 0 Å². The van der Waals surface area contributed by atoms with Gasteiger partial charge in [0.25, 0.3) is 0 Å². The summed E-state index contributed by atoms with van der Waals surface area (Å²) in [6.07, 6.45) is 0. The smallest absolute Gasteiger partial charge is 0.164 e. The lowest BCUT2D eigenvalue weighted by Crippen LogP contribution is -2.00. The highest BCUT2D eigenvalue weighted by atomic mass is 15.0. The van der Waals surface area contributed by atoms with Gasteiger partial charge in [0.05, 0.1) is 16.6 Å². The van der Waals surface area contributed by atoms with E-state index in [4.69, 9.17) is 15.0 Å². The summed E-state index contributed by atoms with van der Waals surface area (Å²) in [6.45, 7) is 0. The van der Waals surface area contributed by atoms with E-state index in [2.05, 4.69) is 114 Å². The van der Waals surface area contributed by atoms with Crippen LogP contribution in [-0.4, -0.2) is 19.4 Å². The SMILES string of the molecule is c1ccc(-c2nc(-c3ccccc3)nc(-c3cccc4c3c3ccc5ccc6cccc7c8ccccc8n4c3c5c67)n2)cc1. The van der Waals surface area contributed by atoms with Gasteiger partial charge in [0.15, 0.2) is 17.5 Å². The Labute approximate surface area is 258 Å². The normalized spacial score (nSPS) is 12.0. The van der Waals surface area contributed by atoms with Crippen LogP contribution < -0.4 is 0 Å². The maximum atomic E-state index is 5.13. The van der Waals surface area contributed by atoms with Crippen LogP contribution in [0.1, 0.15) is 0 Å². The molecule has 3 heterocycles. The zero-order valence-corrected chi connectivity index (χ0v) is 24.1. The summed E-state index contributed by atoms with van der Waals surface area (Å²) in [4.78, 5) is 15.2. The van der Waals surface area contributed by atoms with Crippen LogP contribution in [-0.2, 0) is 0 Å². The van der Waals surface area contributed by atoms with Crippen molar-refractivity contribution in [2.75, 3.05) is 0 Å². The molecule has 0 radical (unpaired) electrons. The van der Waals surface area contributed by atoms with Gasteiger partial charge in [-0.05, 0) is 33.7 Å². The van der Waals surface area contributed by atoms with Gasteiger partial charge in [-0.2, -0.15) is 0 Å². The lowest BCUT2D eigenvalue weighted by Gasteiger charge is -2.10. The highest BCUT2D eigenvalue weighted by Crippen LogP contribution is 2.44. The molecule has 0 aliphatic rings. The Morgan fingerprint density at radius 2 is 0.933 bits per heavy atom. The summed E-state index contributed by atoms with van der Waals surface area (Å²) in [5.74, 6) is 1.98. The Hall–Kier alpha value is -6.13. The molecule has 4 nitrogen and oxygen atoms in total. The van der Waals surface area contributed by atoms with Gasteiger partial charge in [-0.1, -0.05) is 133 Å². The Bertz CT molecular complexity index is 2690. The maximum absolute atomic E-state index is 5.13. The lowest BCUT2D eigenvalue weighted by molar-refractivity contribution is 1.08. The van der Waals surface area contributed by atoms with Crippen LogP contribution in [0.4, 0.5) is 0 Å². The summed E-state index contributed by atoms with van der Waals surface area (Å²) in [7, 11) is 0. The molecule has 0 bridgehead atoms. The zero-order chi connectivity index (χ0) is 29.5. The van der Waals surface area contributed by atoms with Crippen molar-refractivity contribution >= 4 is 59.6 Å². The number of hydrogen-bond donors (Lipinski definition) is 0. The number of nitrogens with zero attached hydrogens (tertiary/aromatic N) is 4. The second-order valence-electron chi connectivity index (χ2n) is 11.6. The number of fused-ring (bicyclic) bond motifs is 6. The minimum Gasteiger partial charge on any atom is -0.308 e. The van der Waals surface area contributed by atoms with Gasteiger partial charge >= 0.3 is 0 Å². The van der Waals surface area contributed by atoms with Crippen molar-refractivity contribution in [2.24, 2.45) is 0 Å². The Kier molecular flexibility index (Phi) is 4.96. The highest BCUT2D eigenvalue weighted by molar-refractivity contribution is 6.33. The molecule has 10 aromatic rings. The van der Waals surface area contributed by atoms with E-state index in [0.717, 1.165) is 27.6 Å². The van der Waals surface area contributed by atoms with Crippen molar-refractivity contribution in [3.63, 3.8) is 0 Å². The van der Waals surface area contributed by atoms with E-state index in [1.807, 2.05) is 36.4 Å². The molecule has 208 valence electrons. The van der Waals surface area contributed by atoms with Gasteiger partial charge in [-0.15, -0.1) is 0 Å². The van der Waals surface area contributed by atoms with Gasteiger partial charge in [0.2, 0.25) is 0 Å². The predicted molar refractivity (Wildman–Crippen MR) is 186 cm³/mol. The molecule has 0 unspecified atom stereocenters. The molecule has 0 fully saturated rings. The van der Waals surface area contributed by atoms with E-state index in [9.17, 15) is 0 Å². The topological polar surface area (TPSA) is 43.1 Å². The van der Waals surface area contributed by atoms with Crippen LogP contribution >= 0.6 is 0 Å². The molecule has 10 rings (SSSR count). The lowest BCUT2D eigenvalue weighted by atomic mass is 9.95. The molecule has 0 atom stereocenters. The first kappa shape index (κ1) is 24.3. The molecule has 3 aromatic heterocycles. The van der Waals surface area contributed by atoms with Gasteiger partial charge < -0.3 is 4.40 Å². The fourth-order valence-corrected chi connectivity index (χ4v) is 7.23. The van der Waals surface area contributed by atoms with Crippen molar-refractivity contribution in [3.8, 4) is 34.2 Å². The Balaban J connectivity index is 1.40. The van der Waals surface area contributed by atoms with Crippen LogP contribution in [0.5, 0.6) is 0 Å².